The highest BCUT2D eigenvalue weighted by Gasteiger charge is 2.53. The number of hydrogen-bond acceptors (Lipinski definition) is 2. The summed E-state index contributed by atoms with van der Waals surface area (Å²) < 4.78 is 0. The van der Waals surface area contributed by atoms with Crippen LogP contribution in [0.5, 0.6) is 0 Å². The maximum absolute atomic E-state index is 12.4. The minimum Gasteiger partial charge on any atom is -0.296 e. The first-order chi connectivity index (χ1) is 9.12. The quantitative estimate of drug-likeness (QED) is 0.646. The van der Waals surface area contributed by atoms with E-state index in [1.807, 2.05) is 0 Å². The fourth-order valence-electron chi connectivity index (χ4n) is 3.23. The van der Waals surface area contributed by atoms with Crippen LogP contribution in [0.4, 0.5) is 0 Å². The molecule has 3 nitrogen and oxygen atoms in total. The molecule has 1 N–H and O–H groups in total. The third-order valence-electron chi connectivity index (χ3n) is 4.47. The number of nitrogens with one attached hydrogen (secondary N) is 1. The Bertz CT molecular complexity index is 304. The first-order valence-electron chi connectivity index (χ1n) is 7.97. The Labute approximate surface area is 117 Å². The van der Waals surface area contributed by atoms with Gasteiger partial charge >= 0.3 is 0 Å². The van der Waals surface area contributed by atoms with Crippen LogP contribution >= 0.6 is 0 Å². The van der Waals surface area contributed by atoms with Crippen molar-refractivity contribution >= 4 is 11.8 Å². The van der Waals surface area contributed by atoms with E-state index in [1.165, 1.54) is 0 Å². The van der Waals surface area contributed by atoms with Crippen molar-refractivity contribution in [2.24, 2.45) is 11.3 Å². The molecule has 19 heavy (non-hydrogen) atoms. The van der Waals surface area contributed by atoms with E-state index >= 15 is 0 Å². The predicted molar refractivity (Wildman–Crippen MR) is 77.6 cm³/mol. The Kier molecular flexibility index (Phi) is 6.53. The van der Waals surface area contributed by atoms with Crippen molar-refractivity contribution in [3.63, 3.8) is 0 Å². The smallest absolute Gasteiger partial charge is 0.233 e. The van der Waals surface area contributed by atoms with Crippen LogP contribution < -0.4 is 5.32 Å². The van der Waals surface area contributed by atoms with Crippen molar-refractivity contribution in [1.82, 2.24) is 5.32 Å². The largest absolute Gasteiger partial charge is 0.296 e. The average Bonchev–Trinajstić information content (AvgIpc) is 2.63. The zero-order valence-corrected chi connectivity index (χ0v) is 12.8. The van der Waals surface area contributed by atoms with Gasteiger partial charge in [-0.3, -0.25) is 14.9 Å². The highest BCUT2D eigenvalue weighted by Crippen LogP contribution is 2.45. The summed E-state index contributed by atoms with van der Waals surface area (Å²) >= 11 is 0. The van der Waals surface area contributed by atoms with Crippen molar-refractivity contribution in [3.05, 3.63) is 0 Å². The van der Waals surface area contributed by atoms with Gasteiger partial charge < -0.3 is 0 Å². The summed E-state index contributed by atoms with van der Waals surface area (Å²) in [6, 6.07) is 0. The van der Waals surface area contributed by atoms with Crippen LogP contribution in [0.3, 0.4) is 0 Å². The normalized spacial score (nSPS) is 21.7. The van der Waals surface area contributed by atoms with Crippen molar-refractivity contribution in [2.75, 3.05) is 0 Å². The molecule has 0 radical (unpaired) electrons. The molecule has 0 aromatic heterocycles. The summed E-state index contributed by atoms with van der Waals surface area (Å²) in [7, 11) is 0. The maximum atomic E-state index is 12.4. The molecule has 1 aliphatic rings. The number of unbranched alkanes of at least 4 members (excludes halogenated alkanes) is 3. The molecule has 1 fully saturated rings. The van der Waals surface area contributed by atoms with E-state index in [0.717, 1.165) is 57.8 Å². The van der Waals surface area contributed by atoms with E-state index in [4.69, 9.17) is 0 Å². The van der Waals surface area contributed by atoms with Crippen LogP contribution in [0.1, 0.15) is 78.6 Å². The molecule has 2 amide bonds. The molecule has 1 aliphatic heterocycles. The lowest BCUT2D eigenvalue weighted by Crippen LogP contribution is -2.35. The van der Waals surface area contributed by atoms with Gasteiger partial charge in [-0.25, -0.2) is 0 Å². The molecule has 1 unspecified atom stereocenters. The van der Waals surface area contributed by atoms with Gasteiger partial charge in [-0.15, -0.1) is 0 Å². The fourth-order valence-corrected chi connectivity index (χ4v) is 3.23. The molecule has 0 aromatic carbocycles. The predicted octanol–water partition coefficient (Wildman–Crippen LogP) is 3.82. The molecule has 0 bridgehead atoms. The highest BCUT2D eigenvalue weighted by atomic mass is 16.2. The summed E-state index contributed by atoms with van der Waals surface area (Å²) in [6.07, 6.45) is 8.94. The van der Waals surface area contributed by atoms with Gasteiger partial charge in [0.25, 0.3) is 0 Å². The molecule has 3 heteroatoms. The summed E-state index contributed by atoms with van der Waals surface area (Å²) in [4.78, 5) is 24.5. The van der Waals surface area contributed by atoms with Gasteiger partial charge in [-0.1, -0.05) is 59.3 Å². The van der Waals surface area contributed by atoms with E-state index in [1.54, 1.807) is 0 Å². The van der Waals surface area contributed by atoms with Crippen molar-refractivity contribution in [3.8, 4) is 0 Å². The van der Waals surface area contributed by atoms with E-state index in [-0.39, 0.29) is 17.7 Å². The summed E-state index contributed by atoms with van der Waals surface area (Å²) in [5, 5.41) is 2.61. The van der Waals surface area contributed by atoms with Gasteiger partial charge in [0.1, 0.15) is 0 Å². The topological polar surface area (TPSA) is 46.2 Å². The van der Waals surface area contributed by atoms with Gasteiger partial charge in [-0.2, -0.15) is 0 Å². The lowest BCUT2D eigenvalue weighted by atomic mass is 9.68. The Balaban J connectivity index is 2.91. The number of imide groups is 1. The van der Waals surface area contributed by atoms with E-state index in [2.05, 4.69) is 26.1 Å². The molecule has 110 valence electrons. The standard InChI is InChI=1S/C16H29NO2/c1-4-7-10-13-14(18)17-15(19)16(13,11-8-5-2)12-9-6-3/h13H,4-12H2,1-3H3,(H,17,18,19). The molecule has 1 atom stereocenters. The van der Waals surface area contributed by atoms with E-state index in [0.29, 0.717) is 0 Å². The monoisotopic (exact) mass is 267 g/mol. The van der Waals surface area contributed by atoms with E-state index < -0.39 is 5.41 Å². The van der Waals surface area contributed by atoms with Crippen LogP contribution in [-0.2, 0) is 9.59 Å². The molecular weight excluding hydrogens is 238 g/mol. The van der Waals surface area contributed by atoms with Crippen LogP contribution in [0.2, 0.25) is 0 Å². The third-order valence-corrected chi connectivity index (χ3v) is 4.47. The van der Waals surface area contributed by atoms with E-state index in [9.17, 15) is 9.59 Å². The Morgan fingerprint density at radius 3 is 1.95 bits per heavy atom. The second kappa shape index (κ2) is 7.66. The highest BCUT2D eigenvalue weighted by molar-refractivity contribution is 6.07. The first kappa shape index (κ1) is 16.2. The Morgan fingerprint density at radius 1 is 0.947 bits per heavy atom. The zero-order valence-electron chi connectivity index (χ0n) is 12.8. The SMILES string of the molecule is CCCCC1C(=O)NC(=O)C1(CCCC)CCCC. The molecule has 1 saturated heterocycles. The molecule has 1 rings (SSSR count). The molecular formula is C16H29NO2. The van der Waals surface area contributed by atoms with Gasteiger partial charge in [-0.05, 0) is 19.3 Å². The average molecular weight is 267 g/mol. The summed E-state index contributed by atoms with van der Waals surface area (Å²) in [6.45, 7) is 6.42. The molecule has 0 saturated carbocycles. The number of amides is 2. The van der Waals surface area contributed by atoms with Gasteiger partial charge in [0.05, 0.1) is 11.3 Å². The first-order valence-corrected chi connectivity index (χ1v) is 7.97. The van der Waals surface area contributed by atoms with Crippen molar-refractivity contribution in [2.45, 2.75) is 78.6 Å². The number of carbonyl (C=O) groups excluding carboxylic acids is 2. The summed E-state index contributed by atoms with van der Waals surface area (Å²) in [5.41, 5.74) is -0.404. The minimum absolute atomic E-state index is 0.000466. The summed E-state index contributed by atoms with van der Waals surface area (Å²) in [5.74, 6) is -0.107. The molecule has 0 spiro atoms. The maximum Gasteiger partial charge on any atom is 0.233 e. The zero-order chi connectivity index (χ0) is 14.3. The van der Waals surface area contributed by atoms with Crippen LogP contribution in [-0.4, -0.2) is 11.8 Å². The lowest BCUT2D eigenvalue weighted by molar-refractivity contribution is -0.130. The second-order valence-corrected chi connectivity index (χ2v) is 5.88. The molecule has 1 heterocycles. The second-order valence-electron chi connectivity index (χ2n) is 5.88. The van der Waals surface area contributed by atoms with Crippen molar-refractivity contribution < 1.29 is 9.59 Å². The van der Waals surface area contributed by atoms with Crippen LogP contribution in [0, 0.1) is 11.3 Å². The van der Waals surface area contributed by atoms with Crippen molar-refractivity contribution in [1.29, 1.82) is 0 Å². The van der Waals surface area contributed by atoms with Gasteiger partial charge in [0.2, 0.25) is 11.8 Å². The van der Waals surface area contributed by atoms with Gasteiger partial charge in [0, 0.05) is 0 Å². The van der Waals surface area contributed by atoms with Gasteiger partial charge in [0.15, 0.2) is 0 Å². The fraction of sp³-hybridized carbons (Fsp3) is 0.875. The number of rotatable bonds is 9. The molecule has 0 aromatic rings. The van der Waals surface area contributed by atoms with Crippen LogP contribution in [0.15, 0.2) is 0 Å². The Hall–Kier alpha value is -0.860. The van der Waals surface area contributed by atoms with Crippen LogP contribution in [0.25, 0.3) is 0 Å². The lowest BCUT2D eigenvalue weighted by Gasteiger charge is -2.31. The number of hydrogen-bond donors (Lipinski definition) is 1. The Morgan fingerprint density at radius 2 is 1.47 bits per heavy atom. The number of carbonyl (C=O) groups is 2. The minimum atomic E-state index is -0.404. The molecule has 0 aliphatic carbocycles. The third kappa shape index (κ3) is 3.58.